The predicted molar refractivity (Wildman–Crippen MR) is 100 cm³/mol. The standard InChI is InChI=1S/C17H15F2IN4O2/c1-9(25)24-7-11(8-24)22-17(26)16-13(19)5-21-6-15(16)23-14-3-2-10(20)4-12(14)18/h2-6,11,23H,7-8H2,1H3,(H,22,26). The van der Waals surface area contributed by atoms with Gasteiger partial charge in [-0.2, -0.15) is 0 Å². The predicted octanol–water partition coefficient (Wildman–Crippen LogP) is 2.67. The summed E-state index contributed by atoms with van der Waals surface area (Å²) in [6.45, 7) is 2.20. The number of aromatic nitrogens is 1. The fraction of sp³-hybridized carbons (Fsp3) is 0.235. The molecule has 0 bridgehead atoms. The number of hydrogen-bond acceptors (Lipinski definition) is 4. The SMILES string of the molecule is CC(=O)N1CC(NC(=O)c2c(F)cncc2Nc2ccc(I)cc2F)C1. The lowest BCUT2D eigenvalue weighted by atomic mass is 10.1. The Labute approximate surface area is 162 Å². The molecule has 3 rings (SSSR count). The van der Waals surface area contributed by atoms with Gasteiger partial charge in [-0.25, -0.2) is 8.78 Å². The fourth-order valence-electron chi connectivity index (χ4n) is 2.58. The van der Waals surface area contributed by atoms with Gasteiger partial charge in [-0.05, 0) is 40.8 Å². The lowest BCUT2D eigenvalue weighted by Gasteiger charge is -2.38. The van der Waals surface area contributed by atoms with E-state index in [1.165, 1.54) is 25.3 Å². The van der Waals surface area contributed by atoms with Crippen LogP contribution < -0.4 is 10.6 Å². The van der Waals surface area contributed by atoms with Crippen molar-refractivity contribution in [3.63, 3.8) is 0 Å². The highest BCUT2D eigenvalue weighted by atomic mass is 127. The quantitative estimate of drug-likeness (QED) is 0.672. The molecule has 0 spiro atoms. The van der Waals surface area contributed by atoms with E-state index in [1.807, 2.05) is 22.6 Å². The highest BCUT2D eigenvalue weighted by Crippen LogP contribution is 2.25. The van der Waals surface area contributed by atoms with Gasteiger partial charge in [0.2, 0.25) is 5.91 Å². The molecule has 2 amide bonds. The molecule has 1 saturated heterocycles. The second-order valence-corrected chi connectivity index (χ2v) is 7.13. The zero-order chi connectivity index (χ0) is 18.8. The molecule has 1 aliphatic heterocycles. The van der Waals surface area contributed by atoms with Crippen LogP contribution in [-0.2, 0) is 4.79 Å². The second-order valence-electron chi connectivity index (χ2n) is 5.89. The van der Waals surface area contributed by atoms with E-state index in [4.69, 9.17) is 0 Å². The maximum atomic E-state index is 14.2. The average molecular weight is 472 g/mol. The lowest BCUT2D eigenvalue weighted by molar-refractivity contribution is -0.133. The van der Waals surface area contributed by atoms with E-state index in [0.717, 1.165) is 6.20 Å². The van der Waals surface area contributed by atoms with Gasteiger partial charge in [0.05, 0.1) is 29.8 Å². The fourth-order valence-corrected chi connectivity index (χ4v) is 3.03. The molecule has 9 heteroatoms. The number of likely N-dealkylation sites (tertiary alicyclic amines) is 1. The van der Waals surface area contributed by atoms with Crippen LogP contribution in [0.2, 0.25) is 0 Å². The third-order valence-corrected chi connectivity index (χ3v) is 4.66. The van der Waals surface area contributed by atoms with Crippen LogP contribution in [0.15, 0.2) is 30.6 Å². The highest BCUT2D eigenvalue weighted by molar-refractivity contribution is 14.1. The maximum Gasteiger partial charge on any atom is 0.256 e. The molecule has 26 heavy (non-hydrogen) atoms. The van der Waals surface area contributed by atoms with Crippen LogP contribution >= 0.6 is 22.6 Å². The van der Waals surface area contributed by atoms with Crippen molar-refractivity contribution in [2.75, 3.05) is 18.4 Å². The summed E-state index contributed by atoms with van der Waals surface area (Å²) < 4.78 is 29.0. The van der Waals surface area contributed by atoms with Crippen LogP contribution in [0.3, 0.4) is 0 Å². The number of carbonyl (C=O) groups excluding carboxylic acids is 2. The van der Waals surface area contributed by atoms with E-state index >= 15 is 0 Å². The van der Waals surface area contributed by atoms with Crippen molar-refractivity contribution in [2.45, 2.75) is 13.0 Å². The van der Waals surface area contributed by atoms with Crippen molar-refractivity contribution in [1.82, 2.24) is 15.2 Å². The molecule has 2 heterocycles. The van der Waals surface area contributed by atoms with Gasteiger partial charge in [0.15, 0.2) is 5.82 Å². The monoisotopic (exact) mass is 472 g/mol. The Morgan fingerprint density at radius 2 is 1.92 bits per heavy atom. The van der Waals surface area contributed by atoms with E-state index in [-0.39, 0.29) is 28.9 Å². The molecule has 0 unspecified atom stereocenters. The van der Waals surface area contributed by atoms with E-state index < -0.39 is 17.5 Å². The van der Waals surface area contributed by atoms with E-state index in [0.29, 0.717) is 16.7 Å². The molecule has 0 aliphatic carbocycles. The Balaban J connectivity index is 1.79. The summed E-state index contributed by atoms with van der Waals surface area (Å²) in [5.74, 6) is -2.07. The first-order valence-electron chi connectivity index (χ1n) is 7.77. The molecule has 1 aromatic carbocycles. The first-order chi connectivity index (χ1) is 12.3. The van der Waals surface area contributed by atoms with E-state index in [2.05, 4.69) is 15.6 Å². The number of carbonyl (C=O) groups is 2. The Morgan fingerprint density at radius 3 is 2.58 bits per heavy atom. The van der Waals surface area contributed by atoms with Crippen LogP contribution in [0.1, 0.15) is 17.3 Å². The van der Waals surface area contributed by atoms with Gasteiger partial charge in [-0.1, -0.05) is 0 Å². The molecule has 0 radical (unpaired) electrons. The number of amides is 2. The summed E-state index contributed by atoms with van der Waals surface area (Å²) in [5.41, 5.74) is -0.0807. The molecule has 0 atom stereocenters. The number of nitrogens with zero attached hydrogens (tertiary/aromatic N) is 2. The number of halogens is 3. The zero-order valence-electron chi connectivity index (χ0n) is 13.7. The van der Waals surface area contributed by atoms with Crippen LogP contribution in [-0.4, -0.2) is 40.8 Å². The van der Waals surface area contributed by atoms with Crippen molar-refractivity contribution in [2.24, 2.45) is 0 Å². The zero-order valence-corrected chi connectivity index (χ0v) is 15.9. The van der Waals surface area contributed by atoms with E-state index in [1.54, 1.807) is 11.0 Å². The number of pyridine rings is 1. The minimum absolute atomic E-state index is 0.0605. The summed E-state index contributed by atoms with van der Waals surface area (Å²) in [5, 5.41) is 5.39. The highest BCUT2D eigenvalue weighted by Gasteiger charge is 2.31. The first-order valence-corrected chi connectivity index (χ1v) is 8.85. The minimum atomic E-state index is -0.818. The number of nitrogens with one attached hydrogen (secondary N) is 2. The van der Waals surface area contributed by atoms with Gasteiger partial charge in [0.25, 0.3) is 5.91 Å². The minimum Gasteiger partial charge on any atom is -0.351 e. The summed E-state index contributed by atoms with van der Waals surface area (Å²) in [6, 6.07) is 4.26. The van der Waals surface area contributed by atoms with Crippen LogP contribution in [0.5, 0.6) is 0 Å². The van der Waals surface area contributed by atoms with Gasteiger partial charge in [-0.15, -0.1) is 0 Å². The van der Waals surface area contributed by atoms with Gasteiger partial charge >= 0.3 is 0 Å². The van der Waals surface area contributed by atoms with Crippen molar-refractivity contribution < 1.29 is 18.4 Å². The smallest absolute Gasteiger partial charge is 0.256 e. The number of hydrogen-bond donors (Lipinski definition) is 2. The van der Waals surface area contributed by atoms with Gasteiger partial charge in [0.1, 0.15) is 11.4 Å². The molecule has 1 aliphatic rings. The Morgan fingerprint density at radius 1 is 1.19 bits per heavy atom. The van der Waals surface area contributed by atoms with Gasteiger partial charge in [0, 0.05) is 23.6 Å². The number of rotatable bonds is 4. The molecule has 0 saturated carbocycles. The molecule has 2 aromatic rings. The van der Waals surface area contributed by atoms with Crippen LogP contribution in [0, 0.1) is 15.2 Å². The van der Waals surface area contributed by atoms with Crippen molar-refractivity contribution in [3.8, 4) is 0 Å². The largest absolute Gasteiger partial charge is 0.351 e. The van der Waals surface area contributed by atoms with Crippen LogP contribution in [0.25, 0.3) is 0 Å². The average Bonchev–Trinajstić information content (AvgIpc) is 2.52. The molecule has 2 N–H and O–H groups in total. The summed E-state index contributed by atoms with van der Waals surface area (Å²) in [6.07, 6.45) is 2.19. The maximum absolute atomic E-state index is 14.2. The Kier molecular flexibility index (Phi) is 5.35. The van der Waals surface area contributed by atoms with E-state index in [9.17, 15) is 18.4 Å². The molecular formula is C17H15F2IN4O2. The number of anilines is 2. The summed E-state index contributed by atoms with van der Waals surface area (Å²) in [4.78, 5) is 29.0. The molecule has 1 aromatic heterocycles. The lowest BCUT2D eigenvalue weighted by Crippen LogP contribution is -2.60. The molecule has 6 nitrogen and oxygen atoms in total. The third kappa shape index (κ3) is 3.92. The topological polar surface area (TPSA) is 74.3 Å². The van der Waals surface area contributed by atoms with Gasteiger partial charge < -0.3 is 15.5 Å². The molecule has 136 valence electrons. The first kappa shape index (κ1) is 18.5. The van der Waals surface area contributed by atoms with Crippen molar-refractivity contribution in [1.29, 1.82) is 0 Å². The van der Waals surface area contributed by atoms with Crippen molar-refractivity contribution >= 4 is 45.8 Å². The summed E-state index contributed by atoms with van der Waals surface area (Å²) >= 11 is 1.97. The molecular weight excluding hydrogens is 457 g/mol. The Bertz CT molecular complexity index is 872. The Hall–Kier alpha value is -2.30. The molecule has 1 fully saturated rings. The van der Waals surface area contributed by atoms with Crippen molar-refractivity contribution in [3.05, 3.63) is 51.4 Å². The van der Waals surface area contributed by atoms with Gasteiger partial charge in [-0.3, -0.25) is 14.6 Å². The third-order valence-electron chi connectivity index (χ3n) is 3.99. The second kappa shape index (κ2) is 7.52. The van der Waals surface area contributed by atoms with Crippen LogP contribution in [0.4, 0.5) is 20.2 Å². The number of benzene rings is 1. The summed E-state index contributed by atoms with van der Waals surface area (Å²) in [7, 11) is 0. The normalized spacial score (nSPS) is 13.9.